The highest BCUT2D eigenvalue weighted by molar-refractivity contribution is 8.69. The SMILES string of the molecule is CC(C)c1ccccc1OCCCCNCCCSS(=O)(=O)O. The van der Waals surface area contributed by atoms with Gasteiger partial charge in [-0.15, -0.1) is 0 Å². The van der Waals surface area contributed by atoms with Crippen LogP contribution in [0.3, 0.4) is 0 Å². The summed E-state index contributed by atoms with van der Waals surface area (Å²) >= 11 is 0. The molecular weight excluding hydrogens is 334 g/mol. The van der Waals surface area contributed by atoms with Gasteiger partial charge in [0.25, 0.3) is 0 Å². The molecule has 0 amide bonds. The lowest BCUT2D eigenvalue weighted by Gasteiger charge is -2.13. The van der Waals surface area contributed by atoms with Crippen molar-refractivity contribution >= 4 is 19.9 Å². The molecule has 0 radical (unpaired) electrons. The first-order valence-corrected chi connectivity index (χ1v) is 10.9. The maximum absolute atomic E-state index is 10.5. The van der Waals surface area contributed by atoms with Crippen molar-refractivity contribution < 1.29 is 17.7 Å². The average molecular weight is 362 g/mol. The van der Waals surface area contributed by atoms with Gasteiger partial charge in [-0.25, -0.2) is 0 Å². The predicted octanol–water partition coefficient (Wildman–Crippen LogP) is 3.48. The molecule has 0 saturated heterocycles. The molecule has 0 fully saturated rings. The Balaban J connectivity index is 2.04. The van der Waals surface area contributed by atoms with Crippen molar-refractivity contribution in [2.24, 2.45) is 0 Å². The van der Waals surface area contributed by atoms with Crippen LogP contribution in [0.5, 0.6) is 5.75 Å². The van der Waals surface area contributed by atoms with E-state index in [4.69, 9.17) is 9.29 Å². The Morgan fingerprint density at radius 1 is 1.17 bits per heavy atom. The standard InChI is InChI=1S/C16H27NO4S2/c1-14(2)15-8-3-4-9-16(15)21-12-6-5-10-17-11-7-13-22-23(18,19)20/h3-4,8-9,14,17H,5-7,10-13H2,1-2H3,(H,18,19,20). The van der Waals surface area contributed by atoms with Crippen LogP contribution >= 0.6 is 10.8 Å². The molecule has 0 spiro atoms. The molecule has 1 rings (SSSR count). The van der Waals surface area contributed by atoms with E-state index in [1.54, 1.807) is 0 Å². The summed E-state index contributed by atoms with van der Waals surface area (Å²) in [4.78, 5) is 0. The van der Waals surface area contributed by atoms with E-state index in [1.807, 2.05) is 18.2 Å². The number of hydrogen-bond donors (Lipinski definition) is 2. The van der Waals surface area contributed by atoms with Gasteiger partial charge in [-0.3, -0.25) is 4.55 Å². The maximum atomic E-state index is 10.5. The fourth-order valence-corrected chi connectivity index (χ4v) is 3.57. The van der Waals surface area contributed by atoms with Crippen molar-refractivity contribution in [3.8, 4) is 5.75 Å². The van der Waals surface area contributed by atoms with Gasteiger partial charge in [0.15, 0.2) is 0 Å². The molecule has 1 aromatic carbocycles. The number of unbranched alkanes of at least 4 members (excludes halogenated alkanes) is 1. The smallest absolute Gasteiger partial charge is 0.319 e. The van der Waals surface area contributed by atoms with Gasteiger partial charge < -0.3 is 10.1 Å². The van der Waals surface area contributed by atoms with Crippen molar-refractivity contribution in [1.29, 1.82) is 0 Å². The first kappa shape index (κ1) is 20.3. The lowest BCUT2D eigenvalue weighted by Crippen LogP contribution is -2.18. The van der Waals surface area contributed by atoms with Gasteiger partial charge in [0.1, 0.15) is 5.75 Å². The van der Waals surface area contributed by atoms with E-state index in [0.717, 1.165) is 31.7 Å². The van der Waals surface area contributed by atoms with Crippen molar-refractivity contribution in [3.05, 3.63) is 29.8 Å². The second kappa shape index (κ2) is 10.9. The van der Waals surface area contributed by atoms with Crippen LogP contribution in [0, 0.1) is 0 Å². The number of hydrogen-bond acceptors (Lipinski definition) is 5. The summed E-state index contributed by atoms with van der Waals surface area (Å²) in [5, 5.41) is 3.25. The van der Waals surface area contributed by atoms with Gasteiger partial charge in [-0.1, -0.05) is 32.0 Å². The van der Waals surface area contributed by atoms with Gasteiger partial charge >= 0.3 is 9.15 Å². The lowest BCUT2D eigenvalue weighted by molar-refractivity contribution is 0.302. The number of ether oxygens (including phenoxy) is 1. The van der Waals surface area contributed by atoms with Crippen LogP contribution in [0.25, 0.3) is 0 Å². The normalized spacial score (nSPS) is 11.8. The number of benzene rings is 1. The first-order chi connectivity index (χ1) is 10.9. The monoisotopic (exact) mass is 361 g/mol. The van der Waals surface area contributed by atoms with Crippen LogP contribution in [0.2, 0.25) is 0 Å². The largest absolute Gasteiger partial charge is 0.493 e. The Bertz CT molecular complexity index is 547. The van der Waals surface area contributed by atoms with Gasteiger partial charge in [-0.2, -0.15) is 8.42 Å². The van der Waals surface area contributed by atoms with Crippen LogP contribution in [-0.2, 0) is 9.15 Å². The second-order valence-corrected chi connectivity index (χ2v) is 9.07. The zero-order valence-electron chi connectivity index (χ0n) is 13.8. The zero-order valence-corrected chi connectivity index (χ0v) is 15.5. The highest BCUT2D eigenvalue weighted by Gasteiger charge is 2.06. The van der Waals surface area contributed by atoms with Gasteiger partial charge in [0, 0.05) is 5.75 Å². The van der Waals surface area contributed by atoms with E-state index < -0.39 is 9.15 Å². The summed E-state index contributed by atoms with van der Waals surface area (Å²) in [7, 11) is -3.32. The zero-order chi connectivity index (χ0) is 17.1. The fourth-order valence-electron chi connectivity index (χ4n) is 2.11. The summed E-state index contributed by atoms with van der Waals surface area (Å²) in [5.74, 6) is 1.83. The number of para-hydroxylation sites is 1. The molecule has 0 aromatic heterocycles. The van der Waals surface area contributed by atoms with Crippen LogP contribution in [0.1, 0.15) is 44.6 Å². The third-order valence-electron chi connectivity index (χ3n) is 3.28. The van der Waals surface area contributed by atoms with Gasteiger partial charge in [0.05, 0.1) is 6.61 Å². The summed E-state index contributed by atoms with van der Waals surface area (Å²) in [6, 6.07) is 8.15. The van der Waals surface area contributed by atoms with Crippen molar-refractivity contribution in [1.82, 2.24) is 5.32 Å². The Labute approximate surface area is 143 Å². The molecule has 132 valence electrons. The van der Waals surface area contributed by atoms with Crippen molar-refractivity contribution in [2.75, 3.05) is 25.4 Å². The highest BCUT2D eigenvalue weighted by atomic mass is 33.1. The Morgan fingerprint density at radius 3 is 2.57 bits per heavy atom. The van der Waals surface area contributed by atoms with E-state index in [0.29, 0.717) is 35.5 Å². The second-order valence-electron chi connectivity index (χ2n) is 5.60. The number of rotatable bonds is 12. The van der Waals surface area contributed by atoms with Crippen LogP contribution < -0.4 is 10.1 Å². The quantitative estimate of drug-likeness (QED) is 0.337. The minimum atomic E-state index is -3.89. The molecule has 0 atom stereocenters. The van der Waals surface area contributed by atoms with Crippen LogP contribution in [-0.4, -0.2) is 38.4 Å². The van der Waals surface area contributed by atoms with Gasteiger partial charge in [0.2, 0.25) is 0 Å². The summed E-state index contributed by atoms with van der Waals surface area (Å²) in [5.41, 5.74) is 1.24. The summed E-state index contributed by atoms with van der Waals surface area (Å²) in [6.07, 6.45) is 2.69. The molecule has 0 aliphatic heterocycles. The molecule has 0 unspecified atom stereocenters. The molecule has 1 aromatic rings. The van der Waals surface area contributed by atoms with E-state index in [2.05, 4.69) is 25.2 Å². The molecule has 0 heterocycles. The average Bonchev–Trinajstić information content (AvgIpc) is 2.48. The van der Waals surface area contributed by atoms with Crippen molar-refractivity contribution in [3.63, 3.8) is 0 Å². The van der Waals surface area contributed by atoms with Crippen molar-refractivity contribution in [2.45, 2.75) is 39.0 Å². The highest BCUT2D eigenvalue weighted by Crippen LogP contribution is 2.25. The third kappa shape index (κ3) is 9.86. The molecule has 0 saturated carbocycles. The summed E-state index contributed by atoms with van der Waals surface area (Å²) < 4.78 is 35.4. The minimum Gasteiger partial charge on any atom is -0.493 e. The minimum absolute atomic E-state index is 0.404. The molecule has 0 bridgehead atoms. The first-order valence-electron chi connectivity index (χ1n) is 7.94. The van der Waals surface area contributed by atoms with E-state index in [1.165, 1.54) is 5.56 Å². The Hall–Kier alpha value is -0.760. The number of nitrogens with one attached hydrogen (secondary N) is 1. The maximum Gasteiger partial charge on any atom is 0.319 e. The van der Waals surface area contributed by atoms with Gasteiger partial charge in [-0.05, 0) is 60.7 Å². The third-order valence-corrected chi connectivity index (χ3v) is 5.42. The molecule has 2 N–H and O–H groups in total. The molecule has 7 heteroatoms. The summed E-state index contributed by atoms with van der Waals surface area (Å²) in [6.45, 7) is 6.65. The molecule has 0 aliphatic carbocycles. The molecular formula is C16H27NO4S2. The van der Waals surface area contributed by atoms with Crippen LogP contribution in [0.15, 0.2) is 24.3 Å². The Kier molecular flexibility index (Phi) is 9.62. The predicted molar refractivity (Wildman–Crippen MR) is 96.8 cm³/mol. The van der Waals surface area contributed by atoms with E-state index in [9.17, 15) is 8.42 Å². The molecule has 23 heavy (non-hydrogen) atoms. The molecule has 0 aliphatic rings. The topological polar surface area (TPSA) is 75.6 Å². The van der Waals surface area contributed by atoms with Crippen LogP contribution in [0.4, 0.5) is 0 Å². The van der Waals surface area contributed by atoms with E-state index >= 15 is 0 Å². The van der Waals surface area contributed by atoms with E-state index in [-0.39, 0.29) is 0 Å². The Morgan fingerprint density at radius 2 is 1.87 bits per heavy atom. The fraction of sp³-hybridized carbons (Fsp3) is 0.625. The molecule has 5 nitrogen and oxygen atoms in total. The lowest BCUT2D eigenvalue weighted by atomic mass is 10.0.